The Morgan fingerprint density at radius 2 is 1.98 bits per heavy atom. The first kappa shape index (κ1) is 29.5. The van der Waals surface area contributed by atoms with E-state index in [-0.39, 0.29) is 22.3 Å². The lowest BCUT2D eigenvalue weighted by molar-refractivity contribution is -0.0245. The van der Waals surface area contributed by atoms with Crippen LogP contribution in [0.2, 0.25) is 5.02 Å². The summed E-state index contributed by atoms with van der Waals surface area (Å²) in [5.41, 5.74) is 3.16. The molecule has 2 N–H and O–H groups in total. The fraction of sp³-hybridized carbons (Fsp3) is 0.545. The van der Waals surface area contributed by atoms with Crippen molar-refractivity contribution in [2.45, 2.75) is 82.0 Å². The third-order valence-electron chi connectivity index (χ3n) is 10.3. The minimum Gasteiger partial charge on any atom is -0.490 e. The van der Waals surface area contributed by atoms with E-state index in [4.69, 9.17) is 16.3 Å². The predicted octanol–water partition coefficient (Wildman–Crippen LogP) is 5.78. The number of sulfonamides is 1. The van der Waals surface area contributed by atoms with Crippen molar-refractivity contribution in [2.75, 3.05) is 24.6 Å². The van der Waals surface area contributed by atoms with Gasteiger partial charge in [0, 0.05) is 29.1 Å². The summed E-state index contributed by atoms with van der Waals surface area (Å²) in [5, 5.41) is 11.3. The van der Waals surface area contributed by atoms with Gasteiger partial charge < -0.3 is 14.7 Å². The molecule has 1 amide bonds. The minimum absolute atomic E-state index is 0.0832. The first-order valence-electron chi connectivity index (χ1n) is 15.2. The first-order chi connectivity index (χ1) is 20.0. The molecule has 0 aromatic heterocycles. The molecule has 2 aromatic carbocycles. The van der Waals surface area contributed by atoms with Gasteiger partial charge in [-0.05, 0) is 104 Å². The Morgan fingerprint density at radius 1 is 1.14 bits per heavy atom. The van der Waals surface area contributed by atoms with Crippen LogP contribution in [0.1, 0.15) is 80.3 Å². The Hall–Kier alpha value is -2.55. The summed E-state index contributed by atoms with van der Waals surface area (Å²) >= 11 is 6.40. The number of ether oxygens (including phenoxy) is 1. The molecule has 5 atom stereocenters. The number of carbonyl (C=O) groups excluding carboxylic acids is 1. The van der Waals surface area contributed by atoms with E-state index in [1.54, 1.807) is 18.2 Å². The lowest BCUT2D eigenvalue weighted by Gasteiger charge is -2.52. The average molecular weight is 613 g/mol. The molecule has 2 aromatic rings. The number of carbonyl (C=O) groups is 1. The second-order valence-corrected chi connectivity index (χ2v) is 15.5. The molecule has 1 fully saturated rings. The molecule has 0 saturated heterocycles. The van der Waals surface area contributed by atoms with Gasteiger partial charge in [0.15, 0.2) is 0 Å². The van der Waals surface area contributed by atoms with E-state index in [0.29, 0.717) is 44.7 Å². The van der Waals surface area contributed by atoms with Gasteiger partial charge >= 0.3 is 0 Å². The van der Waals surface area contributed by atoms with Crippen molar-refractivity contribution in [1.82, 2.24) is 4.72 Å². The van der Waals surface area contributed by atoms with Gasteiger partial charge in [0.05, 0.1) is 23.6 Å². The highest BCUT2D eigenvalue weighted by molar-refractivity contribution is 7.90. The van der Waals surface area contributed by atoms with Gasteiger partial charge in [-0.25, -0.2) is 13.1 Å². The fourth-order valence-corrected chi connectivity index (χ4v) is 9.38. The van der Waals surface area contributed by atoms with E-state index in [1.807, 2.05) is 25.1 Å². The lowest BCUT2D eigenvalue weighted by atomic mass is 9.58. The number of aliphatic hydroxyl groups excluding tert-OH is 1. The van der Waals surface area contributed by atoms with E-state index in [0.717, 1.165) is 42.8 Å². The van der Waals surface area contributed by atoms with Gasteiger partial charge in [-0.1, -0.05) is 43.7 Å². The van der Waals surface area contributed by atoms with Crippen molar-refractivity contribution in [3.05, 3.63) is 70.3 Å². The number of hydrogen-bond donors (Lipinski definition) is 2. The molecule has 2 aliphatic heterocycles. The van der Waals surface area contributed by atoms with E-state index < -0.39 is 27.3 Å². The summed E-state index contributed by atoms with van der Waals surface area (Å²) in [4.78, 5) is 15.7. The normalized spacial score (nSPS) is 33.3. The molecular formula is C33H41ClN2O5S. The molecule has 1 spiro atoms. The van der Waals surface area contributed by atoms with Crippen molar-refractivity contribution in [3.63, 3.8) is 0 Å². The molecule has 1 saturated carbocycles. The Morgan fingerprint density at radius 3 is 2.74 bits per heavy atom. The van der Waals surface area contributed by atoms with Crippen LogP contribution in [0.5, 0.6) is 5.75 Å². The molecule has 7 nitrogen and oxygen atoms in total. The molecule has 6 rings (SSSR count). The Balaban J connectivity index is 1.45. The third kappa shape index (κ3) is 5.35. The largest absolute Gasteiger partial charge is 0.490 e. The SMILES string of the molecule is CC[C@@H]1CC/C=C\[C@@H](O)[C@@H]2CCC2(C)CN2C[C@@]3(CCCc4cc(Cl)ccc43)COc3ccc(cc32)C(=O)NS1(=O)=O. The number of nitrogens with one attached hydrogen (secondary N) is 1. The molecule has 2 bridgehead atoms. The smallest absolute Gasteiger partial charge is 0.264 e. The average Bonchev–Trinajstić information content (AvgIpc) is 3.08. The van der Waals surface area contributed by atoms with Gasteiger partial charge in [0.1, 0.15) is 5.75 Å². The van der Waals surface area contributed by atoms with Crippen molar-refractivity contribution in [2.24, 2.45) is 11.3 Å². The number of fused-ring (bicyclic) bond motifs is 4. The maximum absolute atomic E-state index is 13.4. The van der Waals surface area contributed by atoms with Crippen LogP contribution in [0.3, 0.4) is 0 Å². The maximum atomic E-state index is 13.4. The monoisotopic (exact) mass is 612 g/mol. The van der Waals surface area contributed by atoms with Gasteiger partial charge in [-0.2, -0.15) is 0 Å². The van der Waals surface area contributed by atoms with Crippen LogP contribution in [0, 0.1) is 11.3 Å². The number of halogens is 1. The second kappa shape index (κ2) is 11.2. The number of amides is 1. The molecule has 226 valence electrons. The van der Waals surface area contributed by atoms with E-state index in [9.17, 15) is 18.3 Å². The minimum atomic E-state index is -3.88. The van der Waals surface area contributed by atoms with Crippen LogP contribution < -0.4 is 14.4 Å². The standard InChI is InChI=1S/C33H41ClN2O5S/c1-3-25-8-4-5-9-29(37)27-14-16-32(27,2)19-36-20-33(15-6-7-22-17-24(34)11-12-26(22)33)21-41-30-13-10-23(18-28(30)36)31(38)35-42(25,39)40/h5,9-13,17-18,25,27,29,37H,3-4,6-8,14-16,19-21H2,1-2H3,(H,35,38)/b9-5-/t25-,27+,29-,32?,33+/m1/s1. The fourth-order valence-electron chi connectivity index (χ4n) is 7.75. The van der Waals surface area contributed by atoms with Crippen LogP contribution in [-0.2, 0) is 21.9 Å². The number of aliphatic hydroxyl groups is 1. The molecule has 0 radical (unpaired) electrons. The second-order valence-electron chi connectivity index (χ2n) is 13.1. The zero-order chi connectivity index (χ0) is 29.7. The summed E-state index contributed by atoms with van der Waals surface area (Å²) in [5.74, 6) is 0.137. The summed E-state index contributed by atoms with van der Waals surface area (Å²) in [6, 6.07) is 11.4. The highest BCUT2D eigenvalue weighted by Crippen LogP contribution is 2.52. The lowest BCUT2D eigenvalue weighted by Crippen LogP contribution is -2.54. The summed E-state index contributed by atoms with van der Waals surface area (Å²) in [6.07, 6.45) is 9.30. The van der Waals surface area contributed by atoms with Crippen molar-refractivity contribution >= 4 is 33.2 Å². The Bertz CT molecular complexity index is 1510. The van der Waals surface area contributed by atoms with Crippen LogP contribution in [0.4, 0.5) is 5.69 Å². The van der Waals surface area contributed by atoms with Crippen LogP contribution in [0.25, 0.3) is 0 Å². The number of anilines is 1. The Kier molecular flexibility index (Phi) is 7.86. The molecule has 1 unspecified atom stereocenters. The van der Waals surface area contributed by atoms with E-state index in [1.165, 1.54) is 11.1 Å². The maximum Gasteiger partial charge on any atom is 0.264 e. The molecule has 9 heteroatoms. The van der Waals surface area contributed by atoms with Gasteiger partial charge in [-0.15, -0.1) is 0 Å². The molecule has 42 heavy (non-hydrogen) atoms. The van der Waals surface area contributed by atoms with E-state index in [2.05, 4.69) is 28.7 Å². The van der Waals surface area contributed by atoms with Crippen molar-refractivity contribution in [3.8, 4) is 5.75 Å². The van der Waals surface area contributed by atoms with Crippen molar-refractivity contribution < 1.29 is 23.1 Å². The highest BCUT2D eigenvalue weighted by atomic mass is 35.5. The molecular weight excluding hydrogens is 572 g/mol. The highest BCUT2D eigenvalue weighted by Gasteiger charge is 2.49. The van der Waals surface area contributed by atoms with E-state index >= 15 is 0 Å². The van der Waals surface area contributed by atoms with Crippen molar-refractivity contribution in [1.29, 1.82) is 0 Å². The Labute approximate surface area is 254 Å². The topological polar surface area (TPSA) is 95.9 Å². The first-order valence-corrected chi connectivity index (χ1v) is 17.2. The zero-order valence-electron chi connectivity index (χ0n) is 24.4. The van der Waals surface area contributed by atoms with Crippen LogP contribution in [-0.4, -0.2) is 50.5 Å². The van der Waals surface area contributed by atoms with Gasteiger partial charge in [0.2, 0.25) is 10.0 Å². The number of rotatable bonds is 1. The number of aryl methyl sites for hydroxylation is 1. The zero-order valence-corrected chi connectivity index (χ0v) is 26.0. The van der Waals surface area contributed by atoms with Gasteiger partial charge in [-0.3, -0.25) is 4.79 Å². The molecule has 4 aliphatic rings. The molecule has 2 heterocycles. The third-order valence-corrected chi connectivity index (χ3v) is 12.5. The number of hydrogen-bond acceptors (Lipinski definition) is 6. The number of nitrogens with zero attached hydrogens (tertiary/aromatic N) is 1. The predicted molar refractivity (Wildman–Crippen MR) is 166 cm³/mol. The summed E-state index contributed by atoms with van der Waals surface area (Å²) in [6.45, 7) is 5.93. The van der Waals surface area contributed by atoms with Gasteiger partial charge in [0.25, 0.3) is 5.91 Å². The summed E-state index contributed by atoms with van der Waals surface area (Å²) < 4.78 is 35.3. The molecule has 2 aliphatic carbocycles. The van der Waals surface area contributed by atoms with Crippen LogP contribution in [0.15, 0.2) is 48.6 Å². The van der Waals surface area contributed by atoms with Crippen LogP contribution >= 0.6 is 11.6 Å². The quantitative estimate of drug-likeness (QED) is 0.397. The summed E-state index contributed by atoms with van der Waals surface area (Å²) in [7, 11) is -3.88. The number of benzene rings is 2. The number of allylic oxidation sites excluding steroid dienone is 1.